The first-order chi connectivity index (χ1) is 12.6. The summed E-state index contributed by atoms with van der Waals surface area (Å²) in [4.78, 5) is 27.7. The maximum atomic E-state index is 12.0. The molecule has 0 unspecified atom stereocenters. The average molecular weight is 378 g/mol. The van der Waals surface area contributed by atoms with Crippen LogP contribution in [0.1, 0.15) is 26.0 Å². The number of carbonyl (C=O) groups is 2. The molecule has 1 amide bonds. The maximum absolute atomic E-state index is 12.0. The molecule has 1 heterocycles. The topological polar surface area (TPSA) is 86.8 Å². The van der Waals surface area contributed by atoms with Gasteiger partial charge in [-0.3, -0.25) is 14.9 Å². The highest BCUT2D eigenvalue weighted by Gasteiger charge is 2.12. The van der Waals surface area contributed by atoms with Gasteiger partial charge in [-0.2, -0.15) is 0 Å². The maximum Gasteiger partial charge on any atom is 0.311 e. The van der Waals surface area contributed by atoms with Crippen LogP contribution in [-0.4, -0.2) is 36.7 Å². The van der Waals surface area contributed by atoms with Gasteiger partial charge in [0, 0.05) is 5.38 Å². The van der Waals surface area contributed by atoms with E-state index in [-0.39, 0.29) is 24.9 Å². The van der Waals surface area contributed by atoms with Gasteiger partial charge in [-0.05, 0) is 25.5 Å². The van der Waals surface area contributed by atoms with Crippen molar-refractivity contribution in [3.8, 4) is 11.5 Å². The number of para-hydroxylation sites is 2. The molecule has 7 nitrogen and oxygen atoms in total. The van der Waals surface area contributed by atoms with Gasteiger partial charge in [0.25, 0.3) is 5.91 Å². The molecule has 0 aliphatic heterocycles. The molecule has 0 aliphatic carbocycles. The Labute approximate surface area is 156 Å². The molecular formula is C18H22N2O5S. The summed E-state index contributed by atoms with van der Waals surface area (Å²) < 4.78 is 16.0. The Morgan fingerprint density at radius 2 is 1.88 bits per heavy atom. The Bertz CT molecular complexity index is 732. The Balaban J connectivity index is 1.84. The number of amides is 1. The first-order valence-electron chi connectivity index (χ1n) is 8.36. The monoisotopic (exact) mass is 378 g/mol. The molecule has 1 aromatic carbocycles. The minimum absolute atomic E-state index is 0.0822. The van der Waals surface area contributed by atoms with E-state index in [9.17, 15) is 9.59 Å². The second kappa shape index (κ2) is 10.4. The van der Waals surface area contributed by atoms with Crippen molar-refractivity contribution in [1.82, 2.24) is 4.98 Å². The quantitative estimate of drug-likeness (QED) is 0.640. The molecule has 0 aliphatic rings. The molecule has 0 bridgehead atoms. The largest absolute Gasteiger partial charge is 0.490 e. The average Bonchev–Trinajstić information content (AvgIpc) is 3.05. The number of thiazole rings is 1. The van der Waals surface area contributed by atoms with Crippen LogP contribution in [0.4, 0.5) is 5.13 Å². The number of hydrogen-bond donors (Lipinski definition) is 1. The second-order valence-electron chi connectivity index (χ2n) is 5.26. The smallest absolute Gasteiger partial charge is 0.311 e. The third-order valence-electron chi connectivity index (χ3n) is 3.10. The van der Waals surface area contributed by atoms with Crippen molar-refractivity contribution in [3.05, 3.63) is 35.3 Å². The molecule has 0 atom stereocenters. The van der Waals surface area contributed by atoms with Crippen LogP contribution in [-0.2, 0) is 20.7 Å². The van der Waals surface area contributed by atoms with Gasteiger partial charge < -0.3 is 14.2 Å². The van der Waals surface area contributed by atoms with E-state index in [1.165, 1.54) is 11.3 Å². The number of aromatic nitrogens is 1. The van der Waals surface area contributed by atoms with Crippen LogP contribution >= 0.6 is 11.3 Å². The normalized spacial score (nSPS) is 10.2. The van der Waals surface area contributed by atoms with Crippen molar-refractivity contribution in [2.45, 2.75) is 26.7 Å². The van der Waals surface area contributed by atoms with E-state index in [0.29, 0.717) is 35.5 Å². The molecule has 0 saturated carbocycles. The van der Waals surface area contributed by atoms with Crippen molar-refractivity contribution in [1.29, 1.82) is 0 Å². The fourth-order valence-corrected chi connectivity index (χ4v) is 2.73. The van der Waals surface area contributed by atoms with Gasteiger partial charge in [0.05, 0.1) is 25.3 Å². The summed E-state index contributed by atoms with van der Waals surface area (Å²) in [6, 6.07) is 7.21. The molecule has 140 valence electrons. The zero-order valence-corrected chi connectivity index (χ0v) is 15.6. The molecule has 0 saturated heterocycles. The second-order valence-corrected chi connectivity index (χ2v) is 6.12. The van der Waals surface area contributed by atoms with Crippen molar-refractivity contribution in [3.63, 3.8) is 0 Å². The number of carbonyl (C=O) groups excluding carboxylic acids is 2. The zero-order valence-electron chi connectivity index (χ0n) is 14.8. The summed E-state index contributed by atoms with van der Waals surface area (Å²) in [6.07, 6.45) is 0.964. The van der Waals surface area contributed by atoms with Crippen LogP contribution < -0.4 is 14.8 Å². The fourth-order valence-electron chi connectivity index (χ4n) is 2.00. The number of hydrogen-bond acceptors (Lipinski definition) is 7. The van der Waals surface area contributed by atoms with E-state index < -0.39 is 0 Å². The van der Waals surface area contributed by atoms with E-state index in [1.807, 2.05) is 19.1 Å². The molecule has 1 aromatic heterocycles. The third kappa shape index (κ3) is 6.36. The highest BCUT2D eigenvalue weighted by molar-refractivity contribution is 7.13. The highest BCUT2D eigenvalue weighted by Crippen LogP contribution is 2.26. The zero-order chi connectivity index (χ0) is 18.8. The summed E-state index contributed by atoms with van der Waals surface area (Å²) in [7, 11) is 0. The predicted octanol–water partition coefficient (Wildman–Crippen LogP) is 3.06. The number of benzene rings is 1. The van der Waals surface area contributed by atoms with Crippen molar-refractivity contribution in [2.24, 2.45) is 0 Å². The summed E-state index contributed by atoms with van der Waals surface area (Å²) in [6.45, 7) is 4.50. The first kappa shape index (κ1) is 19.7. The summed E-state index contributed by atoms with van der Waals surface area (Å²) in [5, 5.41) is 4.77. The van der Waals surface area contributed by atoms with Crippen LogP contribution in [0.3, 0.4) is 0 Å². The van der Waals surface area contributed by atoms with E-state index in [0.717, 1.165) is 6.42 Å². The Kier molecular flexibility index (Phi) is 7.88. The standard InChI is InChI=1S/C18H22N2O5S/c1-3-9-24-14-7-5-6-8-15(14)25-11-16(21)20-18-19-13(12-26-18)10-17(22)23-4-2/h5-8,12H,3-4,9-11H2,1-2H3,(H,19,20,21). The van der Waals surface area contributed by atoms with Crippen molar-refractivity contribution >= 4 is 28.3 Å². The molecular weight excluding hydrogens is 356 g/mol. The third-order valence-corrected chi connectivity index (χ3v) is 3.91. The molecule has 0 spiro atoms. The Hall–Kier alpha value is -2.61. The van der Waals surface area contributed by atoms with E-state index in [4.69, 9.17) is 14.2 Å². The minimum Gasteiger partial charge on any atom is -0.490 e. The first-order valence-corrected chi connectivity index (χ1v) is 9.24. The van der Waals surface area contributed by atoms with Gasteiger partial charge in [-0.25, -0.2) is 4.98 Å². The summed E-state index contributed by atoms with van der Waals surface area (Å²) in [5.74, 6) is 0.432. The minimum atomic E-state index is -0.345. The molecule has 8 heteroatoms. The number of nitrogens with zero attached hydrogens (tertiary/aromatic N) is 1. The number of rotatable bonds is 10. The Morgan fingerprint density at radius 1 is 1.15 bits per heavy atom. The molecule has 2 rings (SSSR count). The van der Waals surface area contributed by atoms with Gasteiger partial charge in [-0.15, -0.1) is 11.3 Å². The van der Waals surface area contributed by atoms with Crippen molar-refractivity contribution < 1.29 is 23.8 Å². The SMILES string of the molecule is CCCOc1ccccc1OCC(=O)Nc1nc(CC(=O)OCC)cs1. The highest BCUT2D eigenvalue weighted by atomic mass is 32.1. The van der Waals surface area contributed by atoms with Crippen LogP contribution in [0, 0.1) is 0 Å². The number of anilines is 1. The predicted molar refractivity (Wildman–Crippen MR) is 98.8 cm³/mol. The molecule has 0 radical (unpaired) electrons. The Morgan fingerprint density at radius 3 is 2.58 bits per heavy atom. The van der Waals surface area contributed by atoms with Crippen LogP contribution in [0.5, 0.6) is 11.5 Å². The molecule has 2 aromatic rings. The lowest BCUT2D eigenvalue weighted by atomic mass is 10.3. The lowest BCUT2D eigenvalue weighted by molar-refractivity contribution is -0.142. The lowest BCUT2D eigenvalue weighted by Crippen LogP contribution is -2.20. The van der Waals surface area contributed by atoms with Gasteiger partial charge in [0.2, 0.25) is 0 Å². The van der Waals surface area contributed by atoms with Crippen LogP contribution in [0.25, 0.3) is 0 Å². The van der Waals surface area contributed by atoms with E-state index >= 15 is 0 Å². The van der Waals surface area contributed by atoms with Gasteiger partial charge in [0.15, 0.2) is 23.2 Å². The molecule has 26 heavy (non-hydrogen) atoms. The number of esters is 1. The fraction of sp³-hybridized carbons (Fsp3) is 0.389. The summed E-state index contributed by atoms with van der Waals surface area (Å²) >= 11 is 1.24. The van der Waals surface area contributed by atoms with Gasteiger partial charge in [-0.1, -0.05) is 19.1 Å². The number of ether oxygens (including phenoxy) is 3. The van der Waals surface area contributed by atoms with Crippen molar-refractivity contribution in [2.75, 3.05) is 25.1 Å². The van der Waals surface area contributed by atoms with E-state index in [2.05, 4.69) is 10.3 Å². The summed E-state index contributed by atoms with van der Waals surface area (Å²) in [5.41, 5.74) is 0.558. The molecule has 1 N–H and O–H groups in total. The lowest BCUT2D eigenvalue weighted by Gasteiger charge is -2.11. The van der Waals surface area contributed by atoms with E-state index in [1.54, 1.807) is 24.4 Å². The molecule has 0 fully saturated rings. The number of nitrogens with one attached hydrogen (secondary N) is 1. The van der Waals surface area contributed by atoms with Crippen LogP contribution in [0.15, 0.2) is 29.6 Å². The van der Waals surface area contributed by atoms with Crippen LogP contribution in [0.2, 0.25) is 0 Å². The van der Waals surface area contributed by atoms with Gasteiger partial charge in [0.1, 0.15) is 0 Å². The van der Waals surface area contributed by atoms with Gasteiger partial charge >= 0.3 is 5.97 Å².